The van der Waals surface area contributed by atoms with Crippen molar-refractivity contribution < 1.29 is 19.1 Å². The van der Waals surface area contributed by atoms with E-state index < -0.39 is 4.92 Å². The molecular weight excluding hydrogens is 546 g/mol. The summed E-state index contributed by atoms with van der Waals surface area (Å²) in [5.74, 6) is 2.13. The van der Waals surface area contributed by atoms with Crippen LogP contribution in [0.25, 0.3) is 0 Å². The van der Waals surface area contributed by atoms with E-state index >= 15 is 0 Å². The molecule has 0 amide bonds. The molecule has 2 aliphatic rings. The average molecular weight is 576 g/mol. The fraction of sp³-hybridized carbons (Fsp3) is 0.300. The maximum absolute atomic E-state index is 10.9. The summed E-state index contributed by atoms with van der Waals surface area (Å²) in [4.78, 5) is 19.2. The normalized spacial score (nSPS) is 17.0. The molecule has 3 aromatic carbocycles. The van der Waals surface area contributed by atoms with Crippen LogP contribution in [0.1, 0.15) is 12.0 Å². The Hall–Kier alpha value is -4.28. The number of hydrogen-bond acceptors (Lipinski definition) is 8. The van der Waals surface area contributed by atoms with Crippen molar-refractivity contribution in [3.05, 3.63) is 99.7 Å². The lowest BCUT2D eigenvalue weighted by Crippen LogP contribution is -2.45. The molecule has 1 atom stereocenters. The molecule has 41 heavy (non-hydrogen) atoms. The zero-order valence-electron chi connectivity index (χ0n) is 22.4. The van der Waals surface area contributed by atoms with Crippen molar-refractivity contribution in [3.63, 3.8) is 0 Å². The molecule has 1 fully saturated rings. The molecule has 0 aliphatic carbocycles. The van der Waals surface area contributed by atoms with Crippen molar-refractivity contribution in [2.24, 2.45) is 0 Å². The second kappa shape index (κ2) is 12.1. The van der Waals surface area contributed by atoms with Gasteiger partial charge in [0.05, 0.1) is 0 Å². The summed E-state index contributed by atoms with van der Waals surface area (Å²) in [6.45, 7) is 5.73. The molecule has 1 saturated heterocycles. The standard InChI is InChI=1S/C30H30ClN5O5/c31-23-3-9-27(10-4-23)40-26-7-1-22(2-8-26)19-33-15-17-34(18-16-33)24-5-11-25(12-6-24)39-21-28-13-14-35-20-29(36(37)38)32-30(35)41-28/h1-12,20,28H,13-19,21H2. The lowest BCUT2D eigenvalue weighted by Gasteiger charge is -2.36. The van der Waals surface area contributed by atoms with Gasteiger partial charge in [-0.1, -0.05) is 23.7 Å². The van der Waals surface area contributed by atoms with Crippen LogP contribution in [0.5, 0.6) is 23.3 Å². The van der Waals surface area contributed by atoms with Crippen LogP contribution in [0.4, 0.5) is 11.5 Å². The van der Waals surface area contributed by atoms with E-state index in [0.717, 1.165) is 50.0 Å². The van der Waals surface area contributed by atoms with Crippen LogP contribution in [0.15, 0.2) is 79.0 Å². The SMILES string of the molecule is O=[N+]([O-])c1cn2c(n1)OC(COc1ccc(N3CCN(Cc4ccc(Oc5ccc(Cl)cc5)cc4)CC3)cc1)CC2. The summed E-state index contributed by atoms with van der Waals surface area (Å²) >= 11 is 5.95. The molecule has 0 bridgehead atoms. The minimum Gasteiger partial charge on any atom is -0.490 e. The van der Waals surface area contributed by atoms with Gasteiger partial charge in [0.1, 0.15) is 36.2 Å². The first-order valence-electron chi connectivity index (χ1n) is 13.6. The summed E-state index contributed by atoms with van der Waals surface area (Å²) in [5.41, 5.74) is 2.43. The monoisotopic (exact) mass is 575 g/mol. The van der Waals surface area contributed by atoms with Gasteiger partial charge in [-0.2, -0.15) is 0 Å². The highest BCUT2D eigenvalue weighted by Crippen LogP contribution is 2.27. The molecule has 0 saturated carbocycles. The van der Waals surface area contributed by atoms with Crippen LogP contribution in [-0.2, 0) is 13.1 Å². The Labute approximate surface area is 242 Å². The molecule has 1 aromatic heterocycles. The van der Waals surface area contributed by atoms with E-state index in [2.05, 4.69) is 39.0 Å². The van der Waals surface area contributed by atoms with Gasteiger partial charge >= 0.3 is 11.8 Å². The van der Waals surface area contributed by atoms with Gasteiger partial charge in [0.2, 0.25) is 0 Å². The highest BCUT2D eigenvalue weighted by Gasteiger charge is 2.28. The summed E-state index contributed by atoms with van der Waals surface area (Å²) < 4.78 is 19.3. The first-order chi connectivity index (χ1) is 20.0. The Morgan fingerprint density at radius 1 is 0.902 bits per heavy atom. The van der Waals surface area contributed by atoms with Gasteiger partial charge in [-0.05, 0) is 71.2 Å². The second-order valence-electron chi connectivity index (χ2n) is 10.1. The van der Waals surface area contributed by atoms with E-state index in [9.17, 15) is 10.1 Å². The number of halogens is 1. The maximum Gasteiger partial charge on any atom is 0.414 e. The number of ether oxygens (including phenoxy) is 3. The number of fused-ring (bicyclic) bond motifs is 1. The number of hydrogen-bond donors (Lipinski definition) is 0. The number of aryl methyl sites for hydroxylation is 1. The minimum absolute atomic E-state index is 0.201. The molecular formula is C30H30ClN5O5. The number of benzene rings is 3. The van der Waals surface area contributed by atoms with Crippen molar-refractivity contribution >= 4 is 23.1 Å². The Morgan fingerprint density at radius 3 is 2.24 bits per heavy atom. The largest absolute Gasteiger partial charge is 0.490 e. The van der Waals surface area contributed by atoms with E-state index in [1.165, 1.54) is 17.4 Å². The van der Waals surface area contributed by atoms with Crippen LogP contribution < -0.4 is 19.1 Å². The first-order valence-corrected chi connectivity index (χ1v) is 14.0. The van der Waals surface area contributed by atoms with Crippen molar-refractivity contribution in [1.29, 1.82) is 0 Å². The van der Waals surface area contributed by atoms with E-state index in [1.807, 2.05) is 48.5 Å². The van der Waals surface area contributed by atoms with Crippen molar-refractivity contribution in [2.45, 2.75) is 25.6 Å². The number of piperazine rings is 1. The number of rotatable bonds is 9. The van der Waals surface area contributed by atoms with Crippen molar-refractivity contribution in [3.8, 4) is 23.3 Å². The van der Waals surface area contributed by atoms with E-state index in [4.69, 9.17) is 25.8 Å². The summed E-state index contributed by atoms with van der Waals surface area (Å²) in [5, 5.41) is 11.6. The number of nitro groups is 1. The molecule has 3 heterocycles. The van der Waals surface area contributed by atoms with E-state index in [1.54, 1.807) is 4.57 Å². The molecule has 4 aromatic rings. The number of nitrogens with zero attached hydrogens (tertiary/aromatic N) is 5. The number of anilines is 1. The molecule has 10 nitrogen and oxygen atoms in total. The van der Waals surface area contributed by atoms with Gasteiger partial charge in [-0.3, -0.25) is 9.47 Å². The first kappa shape index (κ1) is 26.9. The molecule has 11 heteroatoms. The Kier molecular flexibility index (Phi) is 7.93. The highest BCUT2D eigenvalue weighted by atomic mass is 35.5. The summed E-state index contributed by atoms with van der Waals surface area (Å²) in [6.07, 6.45) is 1.90. The number of aromatic nitrogens is 2. The molecule has 0 N–H and O–H groups in total. The zero-order chi connectivity index (χ0) is 28.2. The predicted molar refractivity (Wildman–Crippen MR) is 155 cm³/mol. The van der Waals surface area contributed by atoms with Crippen LogP contribution in [0.3, 0.4) is 0 Å². The summed E-state index contributed by atoms with van der Waals surface area (Å²) in [7, 11) is 0. The quantitative estimate of drug-likeness (QED) is 0.183. The zero-order valence-corrected chi connectivity index (χ0v) is 23.2. The topological polar surface area (TPSA) is 95.1 Å². The van der Waals surface area contributed by atoms with Crippen molar-refractivity contribution in [1.82, 2.24) is 14.5 Å². The molecule has 1 unspecified atom stereocenters. The van der Waals surface area contributed by atoms with Gasteiger partial charge in [0, 0.05) is 61.4 Å². The van der Waals surface area contributed by atoms with Gasteiger partial charge < -0.3 is 29.2 Å². The third kappa shape index (κ3) is 6.72. The summed E-state index contributed by atoms with van der Waals surface area (Å²) in [6, 6.07) is 24.0. The smallest absolute Gasteiger partial charge is 0.414 e. The van der Waals surface area contributed by atoms with Gasteiger partial charge in [0.15, 0.2) is 0 Å². The lowest BCUT2D eigenvalue weighted by molar-refractivity contribution is -0.389. The fourth-order valence-corrected chi connectivity index (χ4v) is 5.13. The Bertz CT molecular complexity index is 1470. The Morgan fingerprint density at radius 2 is 1.56 bits per heavy atom. The van der Waals surface area contributed by atoms with Gasteiger partial charge in [-0.25, -0.2) is 0 Å². The van der Waals surface area contributed by atoms with E-state index in [0.29, 0.717) is 24.6 Å². The lowest BCUT2D eigenvalue weighted by atomic mass is 10.1. The van der Waals surface area contributed by atoms with Crippen LogP contribution in [0.2, 0.25) is 5.02 Å². The van der Waals surface area contributed by atoms with Gasteiger partial charge in [0.25, 0.3) is 0 Å². The molecule has 212 valence electrons. The third-order valence-electron chi connectivity index (χ3n) is 7.27. The number of imidazole rings is 1. The van der Waals surface area contributed by atoms with Gasteiger partial charge in [-0.15, -0.1) is 0 Å². The second-order valence-corrected chi connectivity index (χ2v) is 10.6. The average Bonchev–Trinajstić information content (AvgIpc) is 3.43. The maximum atomic E-state index is 10.9. The fourth-order valence-electron chi connectivity index (χ4n) is 5.00. The molecule has 6 rings (SSSR count). The predicted octanol–water partition coefficient (Wildman–Crippen LogP) is 5.79. The van der Waals surface area contributed by atoms with Crippen LogP contribution in [0, 0.1) is 10.1 Å². The highest BCUT2D eigenvalue weighted by molar-refractivity contribution is 6.30. The molecule has 0 radical (unpaired) electrons. The van der Waals surface area contributed by atoms with Crippen LogP contribution >= 0.6 is 11.6 Å². The molecule has 2 aliphatic heterocycles. The third-order valence-corrected chi connectivity index (χ3v) is 7.52. The minimum atomic E-state index is -0.513. The Balaban J connectivity index is 0.940. The van der Waals surface area contributed by atoms with E-state index in [-0.39, 0.29) is 17.9 Å². The van der Waals surface area contributed by atoms with Crippen LogP contribution in [-0.4, -0.2) is 58.3 Å². The molecule has 0 spiro atoms. The van der Waals surface area contributed by atoms with Crippen molar-refractivity contribution in [2.75, 3.05) is 37.7 Å².